The van der Waals surface area contributed by atoms with Gasteiger partial charge in [0.15, 0.2) is 17.3 Å². The highest BCUT2D eigenvalue weighted by molar-refractivity contribution is 9.10. The van der Waals surface area contributed by atoms with Crippen LogP contribution in [-0.4, -0.2) is 34.5 Å². The van der Waals surface area contributed by atoms with Crippen molar-refractivity contribution in [2.45, 2.75) is 38.7 Å². The molecule has 0 heterocycles. The van der Waals surface area contributed by atoms with E-state index in [-0.39, 0.29) is 29.5 Å². The van der Waals surface area contributed by atoms with Gasteiger partial charge in [-0.25, -0.2) is 0 Å². The van der Waals surface area contributed by atoms with E-state index in [1.165, 1.54) is 27.0 Å². The quantitative estimate of drug-likeness (QED) is 0.552. The van der Waals surface area contributed by atoms with E-state index in [4.69, 9.17) is 4.74 Å². The Bertz CT molecular complexity index is 1040. The van der Waals surface area contributed by atoms with Crippen LogP contribution < -0.4 is 10.1 Å². The predicted octanol–water partition coefficient (Wildman–Crippen LogP) is 4.56. The Labute approximate surface area is 190 Å². The number of ketones is 2. The van der Waals surface area contributed by atoms with E-state index in [1.54, 1.807) is 19.1 Å². The van der Waals surface area contributed by atoms with Gasteiger partial charge in [0.05, 0.1) is 18.6 Å². The summed E-state index contributed by atoms with van der Waals surface area (Å²) in [6.07, 6.45) is 0.119. The van der Waals surface area contributed by atoms with Crippen LogP contribution in [0.15, 0.2) is 58.2 Å². The molecule has 0 spiro atoms. The highest BCUT2D eigenvalue weighted by atomic mass is 79.9. The number of anilines is 1. The van der Waals surface area contributed by atoms with Gasteiger partial charge in [-0.2, -0.15) is 0 Å². The average Bonchev–Trinajstić information content (AvgIpc) is 2.68. The lowest BCUT2D eigenvalue weighted by Crippen LogP contribution is -2.48. The van der Waals surface area contributed by atoms with E-state index in [2.05, 4.69) is 21.2 Å². The first-order chi connectivity index (χ1) is 14.5. The number of Topliss-reactive ketones (excluding diaryl/α,β-unsaturated/α-hetero) is 2. The molecule has 0 aliphatic heterocycles. The predicted molar refractivity (Wildman–Crippen MR) is 122 cm³/mol. The molecular formula is C24H26BrNO5. The van der Waals surface area contributed by atoms with Crippen LogP contribution >= 0.6 is 15.9 Å². The highest BCUT2D eigenvalue weighted by Crippen LogP contribution is 2.48. The summed E-state index contributed by atoms with van der Waals surface area (Å²) < 4.78 is 6.15. The summed E-state index contributed by atoms with van der Waals surface area (Å²) in [4.78, 5) is 25.5. The SMILES string of the molecule is COc1cc([C@@H]2C(C(C)=O)=C(Nc3ccc(Br)cc3)C[C@@](C)(O)[C@@H]2C(C)=O)ccc1O. The number of rotatable bonds is 6. The Kier molecular flexibility index (Phi) is 6.57. The van der Waals surface area contributed by atoms with Gasteiger partial charge >= 0.3 is 0 Å². The second-order valence-electron chi connectivity index (χ2n) is 8.11. The van der Waals surface area contributed by atoms with E-state index in [0.29, 0.717) is 16.8 Å². The smallest absolute Gasteiger partial charge is 0.160 e. The molecular weight excluding hydrogens is 462 g/mol. The molecule has 3 atom stereocenters. The second-order valence-corrected chi connectivity index (χ2v) is 9.03. The van der Waals surface area contributed by atoms with Crippen LogP contribution in [0.2, 0.25) is 0 Å². The number of halogens is 1. The zero-order valence-electron chi connectivity index (χ0n) is 17.9. The Morgan fingerprint density at radius 2 is 1.81 bits per heavy atom. The summed E-state index contributed by atoms with van der Waals surface area (Å²) in [5.41, 5.74) is 0.973. The van der Waals surface area contributed by atoms with Crippen molar-refractivity contribution in [3.05, 3.63) is 63.8 Å². The van der Waals surface area contributed by atoms with Crippen molar-refractivity contribution in [3.8, 4) is 11.5 Å². The molecule has 7 heteroatoms. The fourth-order valence-electron chi connectivity index (χ4n) is 4.45. The summed E-state index contributed by atoms with van der Waals surface area (Å²) in [6, 6.07) is 12.2. The topological polar surface area (TPSA) is 95.9 Å². The minimum Gasteiger partial charge on any atom is -0.504 e. The van der Waals surface area contributed by atoms with Gasteiger partial charge in [-0.3, -0.25) is 9.59 Å². The first-order valence-electron chi connectivity index (χ1n) is 9.91. The number of carbonyl (C=O) groups is 2. The molecule has 3 rings (SSSR count). The van der Waals surface area contributed by atoms with E-state index < -0.39 is 17.4 Å². The van der Waals surface area contributed by atoms with Crippen LogP contribution in [0.5, 0.6) is 11.5 Å². The molecule has 6 nitrogen and oxygen atoms in total. The maximum atomic E-state index is 12.9. The molecule has 1 aliphatic rings. The number of phenolic OH excluding ortho intramolecular Hbond substituents is 1. The van der Waals surface area contributed by atoms with E-state index in [0.717, 1.165) is 10.2 Å². The molecule has 0 saturated heterocycles. The minimum absolute atomic E-state index is 0.0465. The summed E-state index contributed by atoms with van der Waals surface area (Å²) in [5, 5.41) is 24.6. The maximum Gasteiger partial charge on any atom is 0.160 e. The number of aliphatic hydroxyl groups is 1. The number of hydrogen-bond donors (Lipinski definition) is 3. The number of ether oxygens (including phenoxy) is 1. The molecule has 0 radical (unpaired) electrons. The molecule has 0 unspecified atom stereocenters. The first kappa shape index (κ1) is 23.0. The Morgan fingerprint density at radius 1 is 1.16 bits per heavy atom. The third-order valence-corrected chi connectivity index (χ3v) is 6.22. The van der Waals surface area contributed by atoms with Crippen molar-refractivity contribution in [1.29, 1.82) is 0 Å². The lowest BCUT2D eigenvalue weighted by Gasteiger charge is -2.43. The molecule has 164 valence electrons. The molecule has 0 amide bonds. The van der Waals surface area contributed by atoms with Crippen LogP contribution in [0.25, 0.3) is 0 Å². The van der Waals surface area contributed by atoms with Crippen LogP contribution in [0.3, 0.4) is 0 Å². The van der Waals surface area contributed by atoms with Crippen molar-refractivity contribution < 1.29 is 24.5 Å². The van der Waals surface area contributed by atoms with Gasteiger partial charge in [-0.1, -0.05) is 22.0 Å². The third-order valence-electron chi connectivity index (χ3n) is 5.69. The fourth-order valence-corrected chi connectivity index (χ4v) is 4.71. The van der Waals surface area contributed by atoms with Gasteiger partial charge in [-0.05, 0) is 62.7 Å². The molecule has 31 heavy (non-hydrogen) atoms. The molecule has 0 saturated carbocycles. The molecule has 0 bridgehead atoms. The third kappa shape index (κ3) is 4.67. The molecule has 3 N–H and O–H groups in total. The van der Waals surface area contributed by atoms with Crippen LogP contribution in [0, 0.1) is 5.92 Å². The number of aromatic hydroxyl groups is 1. The largest absolute Gasteiger partial charge is 0.504 e. The molecule has 0 aromatic heterocycles. The van der Waals surface area contributed by atoms with E-state index >= 15 is 0 Å². The van der Waals surface area contributed by atoms with Crippen LogP contribution in [-0.2, 0) is 9.59 Å². The Morgan fingerprint density at radius 3 is 2.35 bits per heavy atom. The van der Waals surface area contributed by atoms with Crippen LogP contribution in [0.4, 0.5) is 5.69 Å². The lowest BCUT2D eigenvalue weighted by molar-refractivity contribution is -0.131. The highest BCUT2D eigenvalue weighted by Gasteiger charge is 2.49. The number of allylic oxidation sites excluding steroid dienone is 1. The number of hydrogen-bond acceptors (Lipinski definition) is 6. The summed E-state index contributed by atoms with van der Waals surface area (Å²) in [6.45, 7) is 4.50. The van der Waals surface area contributed by atoms with Crippen molar-refractivity contribution in [2.75, 3.05) is 12.4 Å². The van der Waals surface area contributed by atoms with Gasteiger partial charge in [0.2, 0.25) is 0 Å². The second kappa shape index (κ2) is 8.85. The van der Waals surface area contributed by atoms with Gasteiger partial charge in [0.1, 0.15) is 5.78 Å². The minimum atomic E-state index is -1.39. The number of phenols is 1. The number of methoxy groups -OCH3 is 1. The Hall–Kier alpha value is -2.64. The first-order valence-corrected chi connectivity index (χ1v) is 10.7. The average molecular weight is 488 g/mol. The van der Waals surface area contributed by atoms with Crippen molar-refractivity contribution >= 4 is 33.2 Å². The summed E-state index contributed by atoms with van der Waals surface area (Å²) >= 11 is 3.40. The van der Waals surface area contributed by atoms with Crippen molar-refractivity contribution in [3.63, 3.8) is 0 Å². The molecule has 0 fully saturated rings. The Balaban J connectivity index is 2.23. The standard InChI is InChI=1S/C24H26BrNO5/c1-13(27)21-18(26-17-8-6-16(25)7-9-17)12-24(3,30)23(14(2)28)22(21)15-5-10-19(29)20(11-15)31-4/h5-11,22-23,26,29-30H,12H2,1-4H3/t22-,23-,24-/m1/s1. The fraction of sp³-hybridized carbons (Fsp3) is 0.333. The maximum absolute atomic E-state index is 12.9. The zero-order valence-corrected chi connectivity index (χ0v) is 19.5. The van der Waals surface area contributed by atoms with Crippen molar-refractivity contribution in [1.82, 2.24) is 0 Å². The molecule has 1 aliphatic carbocycles. The molecule has 2 aromatic rings. The summed E-state index contributed by atoms with van der Waals surface area (Å²) in [7, 11) is 1.43. The number of carbonyl (C=O) groups excluding carboxylic acids is 2. The van der Waals surface area contributed by atoms with Crippen LogP contribution in [0.1, 0.15) is 38.7 Å². The molecule has 2 aromatic carbocycles. The van der Waals surface area contributed by atoms with E-state index in [1.807, 2.05) is 24.3 Å². The normalized spacial score (nSPS) is 23.4. The van der Waals surface area contributed by atoms with Gasteiger partial charge < -0.3 is 20.3 Å². The summed E-state index contributed by atoms with van der Waals surface area (Å²) in [5.74, 6) is -1.77. The van der Waals surface area contributed by atoms with Crippen molar-refractivity contribution in [2.24, 2.45) is 5.92 Å². The number of nitrogens with one attached hydrogen (secondary N) is 1. The van der Waals surface area contributed by atoms with E-state index in [9.17, 15) is 19.8 Å². The van der Waals surface area contributed by atoms with Gasteiger partial charge in [0.25, 0.3) is 0 Å². The van der Waals surface area contributed by atoms with Gasteiger partial charge in [0, 0.05) is 33.8 Å². The van der Waals surface area contributed by atoms with Gasteiger partial charge in [-0.15, -0.1) is 0 Å². The number of benzene rings is 2. The monoisotopic (exact) mass is 487 g/mol. The lowest BCUT2D eigenvalue weighted by atomic mass is 9.64. The zero-order chi connectivity index (χ0) is 22.9.